The topological polar surface area (TPSA) is 68.5 Å². The number of hydrogen-bond acceptors (Lipinski definition) is 4. The maximum atomic E-state index is 11.7. The van der Waals surface area contributed by atoms with Gasteiger partial charge in [0.05, 0.1) is 12.9 Å². The van der Waals surface area contributed by atoms with Gasteiger partial charge in [0, 0.05) is 0 Å². The monoisotopic (exact) mass is 295 g/mol. The molecule has 0 radical (unpaired) electrons. The Hall–Kier alpha value is -1.78. The molecule has 0 aliphatic rings. The Morgan fingerprint density at radius 2 is 1.95 bits per heavy atom. The number of amides is 1. The molecule has 0 saturated heterocycles. The molecule has 0 unspecified atom stereocenters. The van der Waals surface area contributed by atoms with Crippen LogP contribution in [0.2, 0.25) is 0 Å². The fourth-order valence-electron chi connectivity index (χ4n) is 1.91. The Morgan fingerprint density at radius 3 is 2.62 bits per heavy atom. The van der Waals surface area contributed by atoms with Gasteiger partial charge in [-0.25, -0.2) is 4.79 Å². The molecule has 0 spiro atoms. The molecule has 0 saturated carbocycles. The van der Waals surface area contributed by atoms with Gasteiger partial charge in [-0.2, -0.15) is 0 Å². The van der Waals surface area contributed by atoms with Crippen LogP contribution in [0.3, 0.4) is 0 Å². The number of hydrogen-bond donors (Lipinski definition) is 1. The number of unbranched alkanes of at least 4 members (excludes halogenated alkanes) is 5. The van der Waals surface area contributed by atoms with Crippen LogP contribution >= 0.6 is 0 Å². The van der Waals surface area contributed by atoms with Crippen molar-refractivity contribution in [1.29, 1.82) is 0 Å². The minimum atomic E-state index is -0.678. The van der Waals surface area contributed by atoms with E-state index in [0.29, 0.717) is 6.61 Å². The summed E-state index contributed by atoms with van der Waals surface area (Å²) in [4.78, 5) is 23.4. The summed E-state index contributed by atoms with van der Waals surface area (Å²) in [6, 6.07) is 2.49. The molecule has 1 rings (SSSR count). The van der Waals surface area contributed by atoms with E-state index in [9.17, 15) is 9.59 Å². The predicted octanol–water partition coefficient (Wildman–Crippen LogP) is 3.30. The van der Waals surface area contributed by atoms with Crippen LogP contribution in [-0.2, 0) is 9.53 Å². The smallest absolute Gasteiger partial charge is 0.328 e. The molecule has 1 heterocycles. The van der Waals surface area contributed by atoms with E-state index in [0.717, 1.165) is 12.8 Å². The lowest BCUT2D eigenvalue weighted by Gasteiger charge is -2.12. The van der Waals surface area contributed by atoms with Gasteiger partial charge in [-0.15, -0.1) is 0 Å². The third kappa shape index (κ3) is 6.97. The molecule has 1 aromatic heterocycles. The predicted molar refractivity (Wildman–Crippen MR) is 80.0 cm³/mol. The van der Waals surface area contributed by atoms with E-state index in [1.807, 2.05) is 0 Å². The number of ether oxygens (including phenoxy) is 1. The summed E-state index contributed by atoms with van der Waals surface area (Å²) in [5, 5.41) is 2.54. The van der Waals surface area contributed by atoms with Gasteiger partial charge in [-0.05, 0) is 25.5 Å². The second kappa shape index (κ2) is 10.0. The highest BCUT2D eigenvalue weighted by Crippen LogP contribution is 2.05. The lowest BCUT2D eigenvalue weighted by Crippen LogP contribution is -2.39. The van der Waals surface area contributed by atoms with Crippen molar-refractivity contribution in [3.63, 3.8) is 0 Å². The van der Waals surface area contributed by atoms with Crippen molar-refractivity contribution in [2.45, 2.75) is 58.4 Å². The zero-order chi connectivity index (χ0) is 15.5. The quantitative estimate of drug-likeness (QED) is 0.531. The number of rotatable bonds is 10. The van der Waals surface area contributed by atoms with Gasteiger partial charge >= 0.3 is 5.97 Å². The first-order chi connectivity index (χ1) is 10.1. The Kier molecular flexibility index (Phi) is 8.24. The van der Waals surface area contributed by atoms with E-state index in [4.69, 9.17) is 9.15 Å². The first-order valence-corrected chi connectivity index (χ1v) is 7.66. The number of carbonyl (C=O) groups excluding carboxylic acids is 2. The SMILES string of the molecule is CCCCCCCCOC(=O)[C@H](C)NC(=O)c1ccco1. The van der Waals surface area contributed by atoms with Crippen molar-refractivity contribution in [3.8, 4) is 0 Å². The molecule has 0 aliphatic heterocycles. The largest absolute Gasteiger partial charge is 0.464 e. The first kappa shape index (κ1) is 17.3. The van der Waals surface area contributed by atoms with Crippen LogP contribution in [0.1, 0.15) is 62.9 Å². The summed E-state index contributed by atoms with van der Waals surface area (Å²) in [7, 11) is 0. The molecule has 1 aromatic rings. The van der Waals surface area contributed by atoms with Crippen LogP contribution in [0.4, 0.5) is 0 Å². The van der Waals surface area contributed by atoms with E-state index in [1.54, 1.807) is 19.1 Å². The minimum Gasteiger partial charge on any atom is -0.464 e. The molecule has 0 bridgehead atoms. The van der Waals surface area contributed by atoms with Gasteiger partial charge in [0.1, 0.15) is 6.04 Å². The third-order valence-electron chi connectivity index (χ3n) is 3.19. The number of carbonyl (C=O) groups is 2. The number of furan rings is 1. The van der Waals surface area contributed by atoms with E-state index in [2.05, 4.69) is 12.2 Å². The molecule has 0 aromatic carbocycles. The van der Waals surface area contributed by atoms with Crippen LogP contribution < -0.4 is 5.32 Å². The molecule has 118 valence electrons. The van der Waals surface area contributed by atoms with Crippen molar-refractivity contribution >= 4 is 11.9 Å². The van der Waals surface area contributed by atoms with Crippen LogP contribution in [-0.4, -0.2) is 24.5 Å². The molecule has 1 atom stereocenters. The highest BCUT2D eigenvalue weighted by atomic mass is 16.5. The van der Waals surface area contributed by atoms with Gasteiger partial charge in [0.25, 0.3) is 5.91 Å². The van der Waals surface area contributed by atoms with E-state index in [-0.39, 0.29) is 5.76 Å². The van der Waals surface area contributed by atoms with Crippen LogP contribution in [0.15, 0.2) is 22.8 Å². The molecule has 0 aliphatic carbocycles. The lowest BCUT2D eigenvalue weighted by atomic mass is 10.1. The van der Waals surface area contributed by atoms with Crippen molar-refractivity contribution in [3.05, 3.63) is 24.2 Å². The standard InChI is InChI=1S/C16H25NO4/c1-3-4-5-6-7-8-11-21-16(19)13(2)17-15(18)14-10-9-12-20-14/h9-10,12-13H,3-8,11H2,1-2H3,(H,17,18)/t13-/m0/s1. The molecule has 5 heteroatoms. The normalized spacial score (nSPS) is 11.9. The van der Waals surface area contributed by atoms with Crippen molar-refractivity contribution in [1.82, 2.24) is 5.32 Å². The summed E-state index contributed by atoms with van der Waals surface area (Å²) in [6.07, 6.45) is 8.25. The molecular formula is C16H25NO4. The minimum absolute atomic E-state index is 0.186. The molecule has 1 amide bonds. The third-order valence-corrected chi connectivity index (χ3v) is 3.19. The molecule has 21 heavy (non-hydrogen) atoms. The summed E-state index contributed by atoms with van der Waals surface area (Å²) in [5.41, 5.74) is 0. The molecular weight excluding hydrogens is 270 g/mol. The van der Waals surface area contributed by atoms with Gasteiger partial charge < -0.3 is 14.5 Å². The Balaban J connectivity index is 2.12. The van der Waals surface area contributed by atoms with Gasteiger partial charge in [0.2, 0.25) is 0 Å². The highest BCUT2D eigenvalue weighted by Gasteiger charge is 2.18. The second-order valence-corrected chi connectivity index (χ2v) is 5.11. The average molecular weight is 295 g/mol. The van der Waals surface area contributed by atoms with Crippen LogP contribution in [0.25, 0.3) is 0 Å². The first-order valence-electron chi connectivity index (χ1n) is 7.66. The summed E-state index contributed by atoms with van der Waals surface area (Å²) < 4.78 is 10.1. The van der Waals surface area contributed by atoms with Gasteiger partial charge in [-0.1, -0.05) is 39.0 Å². The molecule has 1 N–H and O–H groups in total. The fraction of sp³-hybridized carbons (Fsp3) is 0.625. The fourth-order valence-corrected chi connectivity index (χ4v) is 1.91. The van der Waals surface area contributed by atoms with Gasteiger partial charge in [0.15, 0.2) is 5.76 Å². The van der Waals surface area contributed by atoms with Crippen molar-refractivity contribution in [2.75, 3.05) is 6.61 Å². The van der Waals surface area contributed by atoms with Gasteiger partial charge in [-0.3, -0.25) is 4.79 Å². The lowest BCUT2D eigenvalue weighted by molar-refractivity contribution is -0.145. The number of nitrogens with one attached hydrogen (secondary N) is 1. The molecule has 0 fully saturated rings. The molecule has 5 nitrogen and oxygen atoms in total. The Bertz CT molecular complexity index is 414. The Labute approximate surface area is 126 Å². The van der Waals surface area contributed by atoms with E-state index in [1.165, 1.54) is 31.9 Å². The van der Waals surface area contributed by atoms with Crippen LogP contribution in [0, 0.1) is 0 Å². The van der Waals surface area contributed by atoms with E-state index >= 15 is 0 Å². The summed E-state index contributed by atoms with van der Waals surface area (Å²) >= 11 is 0. The van der Waals surface area contributed by atoms with Crippen LogP contribution in [0.5, 0.6) is 0 Å². The summed E-state index contributed by atoms with van der Waals surface area (Å²) in [6.45, 7) is 4.19. The Morgan fingerprint density at radius 1 is 1.24 bits per heavy atom. The van der Waals surface area contributed by atoms with Crippen molar-refractivity contribution in [2.24, 2.45) is 0 Å². The maximum Gasteiger partial charge on any atom is 0.328 e. The van der Waals surface area contributed by atoms with Crippen molar-refractivity contribution < 1.29 is 18.7 Å². The second-order valence-electron chi connectivity index (χ2n) is 5.11. The number of esters is 1. The maximum absolute atomic E-state index is 11.7. The highest BCUT2D eigenvalue weighted by molar-refractivity contribution is 5.94. The zero-order valence-electron chi connectivity index (χ0n) is 12.9. The van der Waals surface area contributed by atoms with E-state index < -0.39 is 17.9 Å². The average Bonchev–Trinajstić information content (AvgIpc) is 3.00. The zero-order valence-corrected chi connectivity index (χ0v) is 12.9. The summed E-state index contributed by atoms with van der Waals surface area (Å²) in [5.74, 6) is -0.641.